The molecule has 1 aliphatic heterocycles. The van der Waals surface area contributed by atoms with Crippen molar-refractivity contribution >= 4 is 5.91 Å². The summed E-state index contributed by atoms with van der Waals surface area (Å²) in [4.78, 5) is 14.6. The van der Waals surface area contributed by atoms with Gasteiger partial charge in [0.05, 0.1) is 0 Å². The molecule has 0 aromatic heterocycles. The first kappa shape index (κ1) is 12.9. The van der Waals surface area contributed by atoms with Gasteiger partial charge in [0.2, 0.25) is 0 Å². The molecule has 0 bridgehead atoms. The Morgan fingerprint density at radius 3 is 2.44 bits per heavy atom. The zero-order valence-corrected chi connectivity index (χ0v) is 11.3. The summed E-state index contributed by atoms with van der Waals surface area (Å²) in [7, 11) is 0. The largest absolute Gasteiger partial charge is 0.508 e. The number of phenols is 1. The fraction of sp³-hybridized carbons (Fsp3) is 0.533. The Hall–Kier alpha value is -1.51. The molecule has 0 saturated carbocycles. The van der Waals surface area contributed by atoms with Crippen LogP contribution in [0.1, 0.15) is 49.0 Å². The van der Waals surface area contributed by atoms with Gasteiger partial charge in [0.1, 0.15) is 5.75 Å². The first-order valence-corrected chi connectivity index (χ1v) is 6.63. The topological polar surface area (TPSA) is 40.5 Å². The van der Waals surface area contributed by atoms with E-state index in [4.69, 9.17) is 0 Å². The third kappa shape index (κ3) is 2.35. The summed E-state index contributed by atoms with van der Waals surface area (Å²) in [6, 6.07) is 5.55. The van der Waals surface area contributed by atoms with Crippen molar-refractivity contribution in [1.82, 2.24) is 4.90 Å². The summed E-state index contributed by atoms with van der Waals surface area (Å²) in [6.07, 6.45) is 3.35. The fourth-order valence-electron chi connectivity index (χ4n) is 2.85. The monoisotopic (exact) mass is 247 g/mol. The lowest BCUT2D eigenvalue weighted by Gasteiger charge is -2.39. The second-order valence-corrected chi connectivity index (χ2v) is 5.34. The predicted octanol–water partition coefficient (Wildman–Crippen LogP) is 3.10. The number of carbonyl (C=O) groups is 1. The van der Waals surface area contributed by atoms with Crippen molar-refractivity contribution in [2.75, 3.05) is 0 Å². The molecule has 0 unspecified atom stereocenters. The molecule has 1 aromatic carbocycles. The molecule has 98 valence electrons. The number of carbonyl (C=O) groups excluding carboxylic acids is 1. The summed E-state index contributed by atoms with van der Waals surface area (Å²) < 4.78 is 0. The van der Waals surface area contributed by atoms with E-state index in [0.29, 0.717) is 17.6 Å². The molecule has 1 amide bonds. The molecule has 0 aliphatic carbocycles. The second kappa shape index (κ2) is 5.01. The third-order valence-electron chi connectivity index (χ3n) is 3.87. The summed E-state index contributed by atoms with van der Waals surface area (Å²) in [5, 5.41) is 9.41. The maximum Gasteiger partial charge on any atom is 0.254 e. The van der Waals surface area contributed by atoms with Crippen LogP contribution in [0.4, 0.5) is 0 Å². The molecule has 2 atom stereocenters. The van der Waals surface area contributed by atoms with Gasteiger partial charge in [-0.3, -0.25) is 4.79 Å². The van der Waals surface area contributed by atoms with Gasteiger partial charge in [0, 0.05) is 17.6 Å². The molecule has 2 rings (SSSR count). The Balaban J connectivity index is 2.29. The fourth-order valence-corrected chi connectivity index (χ4v) is 2.85. The molecule has 3 heteroatoms. The Kier molecular flexibility index (Phi) is 3.60. The number of nitrogens with zero attached hydrogens (tertiary/aromatic N) is 1. The van der Waals surface area contributed by atoms with Gasteiger partial charge >= 0.3 is 0 Å². The highest BCUT2D eigenvalue weighted by Crippen LogP contribution is 2.26. The number of hydrogen-bond acceptors (Lipinski definition) is 2. The van der Waals surface area contributed by atoms with Crippen LogP contribution in [0.3, 0.4) is 0 Å². The SMILES string of the molecule is Cc1cc(O)ccc1C(=O)N1[C@H](C)CCC[C@@H]1C. The van der Waals surface area contributed by atoms with E-state index < -0.39 is 0 Å². The lowest BCUT2D eigenvalue weighted by Crippen LogP contribution is -2.47. The van der Waals surface area contributed by atoms with Crippen molar-refractivity contribution in [1.29, 1.82) is 0 Å². The highest BCUT2D eigenvalue weighted by Gasteiger charge is 2.30. The molecule has 1 fully saturated rings. The molecule has 1 N–H and O–H groups in total. The average Bonchev–Trinajstić information content (AvgIpc) is 2.28. The smallest absolute Gasteiger partial charge is 0.254 e. The maximum atomic E-state index is 12.6. The molecule has 1 aromatic rings. The van der Waals surface area contributed by atoms with Crippen molar-refractivity contribution < 1.29 is 9.90 Å². The number of piperidine rings is 1. The van der Waals surface area contributed by atoms with Gasteiger partial charge in [0.15, 0.2) is 0 Å². The van der Waals surface area contributed by atoms with Gasteiger partial charge in [-0.1, -0.05) is 0 Å². The minimum atomic E-state index is 0.0900. The quantitative estimate of drug-likeness (QED) is 0.828. The van der Waals surface area contributed by atoms with Crippen LogP contribution in [0.15, 0.2) is 18.2 Å². The van der Waals surface area contributed by atoms with Crippen LogP contribution in [0.2, 0.25) is 0 Å². The van der Waals surface area contributed by atoms with E-state index in [9.17, 15) is 9.90 Å². The van der Waals surface area contributed by atoms with Crippen molar-refractivity contribution in [3.63, 3.8) is 0 Å². The normalized spacial score (nSPS) is 24.1. The molecule has 1 aliphatic rings. The molecule has 1 heterocycles. The van der Waals surface area contributed by atoms with Crippen LogP contribution >= 0.6 is 0 Å². The zero-order valence-electron chi connectivity index (χ0n) is 11.3. The van der Waals surface area contributed by atoms with Crippen LogP contribution in [-0.4, -0.2) is 28.0 Å². The summed E-state index contributed by atoms with van der Waals surface area (Å²) in [6.45, 7) is 6.10. The molecule has 0 spiro atoms. The second-order valence-electron chi connectivity index (χ2n) is 5.34. The summed E-state index contributed by atoms with van der Waals surface area (Å²) in [5.74, 6) is 0.302. The van der Waals surface area contributed by atoms with E-state index in [1.54, 1.807) is 18.2 Å². The minimum absolute atomic E-state index is 0.0900. The molecular weight excluding hydrogens is 226 g/mol. The van der Waals surface area contributed by atoms with Crippen molar-refractivity contribution in [2.45, 2.75) is 52.1 Å². The number of phenolic OH excluding ortho intramolecular Hbond substituents is 1. The van der Waals surface area contributed by atoms with E-state index >= 15 is 0 Å². The Morgan fingerprint density at radius 2 is 1.89 bits per heavy atom. The van der Waals surface area contributed by atoms with Crippen molar-refractivity contribution in [3.8, 4) is 5.75 Å². The van der Waals surface area contributed by atoms with Crippen LogP contribution < -0.4 is 0 Å². The number of aryl methyl sites for hydroxylation is 1. The predicted molar refractivity (Wildman–Crippen MR) is 71.8 cm³/mol. The van der Waals surface area contributed by atoms with Gasteiger partial charge in [-0.2, -0.15) is 0 Å². The summed E-state index contributed by atoms with van der Waals surface area (Å²) in [5.41, 5.74) is 1.54. The molecule has 0 radical (unpaired) electrons. The van der Waals surface area contributed by atoms with Gasteiger partial charge in [0.25, 0.3) is 5.91 Å². The van der Waals surface area contributed by atoms with Crippen LogP contribution in [-0.2, 0) is 0 Å². The maximum absolute atomic E-state index is 12.6. The van der Waals surface area contributed by atoms with Crippen LogP contribution in [0, 0.1) is 6.92 Å². The molecular formula is C15H21NO2. The van der Waals surface area contributed by atoms with E-state index in [-0.39, 0.29) is 11.7 Å². The highest BCUT2D eigenvalue weighted by atomic mass is 16.3. The molecule has 18 heavy (non-hydrogen) atoms. The number of hydrogen-bond donors (Lipinski definition) is 1. The van der Waals surface area contributed by atoms with Crippen LogP contribution in [0.25, 0.3) is 0 Å². The Morgan fingerprint density at radius 1 is 1.28 bits per heavy atom. The number of benzene rings is 1. The Labute approximate surface area is 108 Å². The first-order valence-electron chi connectivity index (χ1n) is 6.63. The summed E-state index contributed by atoms with van der Waals surface area (Å²) >= 11 is 0. The van der Waals surface area contributed by atoms with Gasteiger partial charge in [-0.25, -0.2) is 0 Å². The third-order valence-corrected chi connectivity index (χ3v) is 3.87. The highest BCUT2D eigenvalue weighted by molar-refractivity contribution is 5.96. The standard InChI is InChI=1S/C15H21NO2/c1-10-9-13(17)7-8-14(10)15(18)16-11(2)5-4-6-12(16)3/h7-9,11-12,17H,4-6H2,1-3H3/t11-,12+. The van der Waals surface area contributed by atoms with E-state index in [1.165, 1.54) is 6.42 Å². The lowest BCUT2D eigenvalue weighted by molar-refractivity contribution is 0.0510. The van der Waals surface area contributed by atoms with Crippen molar-refractivity contribution in [3.05, 3.63) is 29.3 Å². The number of aromatic hydroxyl groups is 1. The van der Waals surface area contributed by atoms with E-state index in [2.05, 4.69) is 13.8 Å². The van der Waals surface area contributed by atoms with E-state index in [1.807, 2.05) is 11.8 Å². The van der Waals surface area contributed by atoms with Gasteiger partial charge < -0.3 is 10.0 Å². The number of rotatable bonds is 1. The Bertz CT molecular complexity index is 446. The van der Waals surface area contributed by atoms with Crippen LogP contribution in [0.5, 0.6) is 5.75 Å². The van der Waals surface area contributed by atoms with Crippen molar-refractivity contribution in [2.24, 2.45) is 0 Å². The number of amides is 1. The lowest BCUT2D eigenvalue weighted by atomic mass is 9.95. The molecule has 1 saturated heterocycles. The minimum Gasteiger partial charge on any atom is -0.508 e. The van der Waals surface area contributed by atoms with Gasteiger partial charge in [-0.05, 0) is 63.8 Å². The average molecular weight is 247 g/mol. The first-order chi connectivity index (χ1) is 8.50. The van der Waals surface area contributed by atoms with E-state index in [0.717, 1.165) is 18.4 Å². The number of likely N-dealkylation sites (tertiary alicyclic amines) is 1. The zero-order chi connectivity index (χ0) is 13.3. The molecule has 3 nitrogen and oxygen atoms in total. The van der Waals surface area contributed by atoms with Gasteiger partial charge in [-0.15, -0.1) is 0 Å².